The molecular formula is C24H21N3O4S. The summed E-state index contributed by atoms with van der Waals surface area (Å²) in [5.41, 5.74) is 1.14. The molecule has 162 valence electrons. The molecule has 0 atom stereocenters. The zero-order valence-electron chi connectivity index (χ0n) is 17.7. The summed E-state index contributed by atoms with van der Waals surface area (Å²) in [6.45, 7) is 4.08. The van der Waals surface area contributed by atoms with Gasteiger partial charge in [0.25, 0.3) is 11.5 Å². The van der Waals surface area contributed by atoms with Crippen LogP contribution in [0.4, 0.5) is 0 Å². The maximum absolute atomic E-state index is 12.7. The first kappa shape index (κ1) is 20.4. The molecule has 8 heteroatoms. The van der Waals surface area contributed by atoms with Crippen molar-refractivity contribution in [3.63, 3.8) is 0 Å². The van der Waals surface area contributed by atoms with Crippen LogP contribution in [0, 0.1) is 5.41 Å². The topological polar surface area (TPSA) is 105 Å². The van der Waals surface area contributed by atoms with Gasteiger partial charge in [-0.25, -0.2) is 4.98 Å². The number of amides is 1. The van der Waals surface area contributed by atoms with E-state index in [-0.39, 0.29) is 23.3 Å². The quantitative estimate of drug-likeness (QED) is 0.484. The molecule has 0 unspecified atom stereocenters. The Labute approximate surface area is 187 Å². The normalized spacial score (nSPS) is 15.0. The Morgan fingerprint density at radius 1 is 1.19 bits per heavy atom. The van der Waals surface area contributed by atoms with Crippen LogP contribution in [-0.2, 0) is 13.0 Å². The van der Waals surface area contributed by atoms with Gasteiger partial charge in [0.05, 0.1) is 16.8 Å². The zero-order chi connectivity index (χ0) is 22.5. The average Bonchev–Trinajstić information content (AvgIpc) is 3.37. The summed E-state index contributed by atoms with van der Waals surface area (Å²) < 4.78 is 6.91. The molecule has 5 rings (SSSR count). The summed E-state index contributed by atoms with van der Waals surface area (Å²) in [5.74, 6) is 0.549. The molecule has 0 saturated carbocycles. The highest BCUT2D eigenvalue weighted by Gasteiger charge is 2.32. The number of para-hydroxylation sites is 1. The number of nitrogens with zero attached hydrogens (tertiary/aromatic N) is 1. The maximum atomic E-state index is 12.7. The van der Waals surface area contributed by atoms with Crippen LogP contribution in [0.15, 0.2) is 51.7 Å². The van der Waals surface area contributed by atoms with Crippen molar-refractivity contribution in [1.82, 2.24) is 15.3 Å². The lowest BCUT2D eigenvalue weighted by Gasteiger charge is -2.29. The lowest BCUT2D eigenvalue weighted by Crippen LogP contribution is -2.34. The van der Waals surface area contributed by atoms with E-state index in [1.807, 2.05) is 44.2 Å². The van der Waals surface area contributed by atoms with E-state index in [0.717, 1.165) is 15.2 Å². The molecule has 1 amide bonds. The second-order valence-electron chi connectivity index (χ2n) is 8.78. The van der Waals surface area contributed by atoms with E-state index in [9.17, 15) is 14.4 Å². The second kappa shape index (κ2) is 7.56. The molecule has 2 N–H and O–H groups in total. The van der Waals surface area contributed by atoms with Gasteiger partial charge in [-0.3, -0.25) is 14.4 Å². The van der Waals surface area contributed by atoms with Crippen LogP contribution in [0.2, 0.25) is 0 Å². The number of fused-ring (bicyclic) bond motifs is 2. The predicted octanol–water partition coefficient (Wildman–Crippen LogP) is 4.33. The third kappa shape index (κ3) is 3.78. The van der Waals surface area contributed by atoms with Gasteiger partial charge in [-0.1, -0.05) is 26.0 Å². The van der Waals surface area contributed by atoms with E-state index in [2.05, 4.69) is 15.3 Å². The molecule has 32 heavy (non-hydrogen) atoms. The SMILES string of the molecule is CC1(C)CC(=O)c2cc(C(=O)NCc3ccc(-c4nc5ccccc5s4)o3)c(=O)[nH]c2C1. The van der Waals surface area contributed by atoms with E-state index in [0.29, 0.717) is 35.6 Å². The number of nitrogens with one attached hydrogen (secondary N) is 2. The van der Waals surface area contributed by atoms with E-state index in [1.54, 1.807) is 6.07 Å². The molecule has 1 aliphatic carbocycles. The van der Waals surface area contributed by atoms with Crippen molar-refractivity contribution >= 4 is 33.2 Å². The first-order chi connectivity index (χ1) is 15.3. The Hall–Kier alpha value is -3.52. The minimum absolute atomic E-state index is 0.0620. The van der Waals surface area contributed by atoms with Gasteiger partial charge in [0.15, 0.2) is 16.6 Å². The highest BCUT2D eigenvalue weighted by atomic mass is 32.1. The Balaban J connectivity index is 1.32. The number of carbonyl (C=O) groups is 2. The summed E-state index contributed by atoms with van der Waals surface area (Å²) in [5, 5.41) is 3.46. The van der Waals surface area contributed by atoms with Crippen molar-refractivity contribution < 1.29 is 14.0 Å². The molecule has 3 aromatic heterocycles. The van der Waals surface area contributed by atoms with Crippen LogP contribution < -0.4 is 10.9 Å². The predicted molar refractivity (Wildman–Crippen MR) is 122 cm³/mol. The fraction of sp³-hybridized carbons (Fsp3) is 0.250. The molecule has 0 spiro atoms. The van der Waals surface area contributed by atoms with E-state index in [4.69, 9.17) is 4.42 Å². The standard InChI is InChI=1S/C24H21N3O4S/c1-24(2)10-17-14(18(28)11-24)9-15(22(30)26-17)21(29)25-12-13-7-8-19(31-13)23-27-16-5-3-4-6-20(16)32-23/h3-9H,10-12H2,1-2H3,(H,25,29)(H,26,30). The lowest BCUT2D eigenvalue weighted by atomic mass is 9.75. The van der Waals surface area contributed by atoms with Crippen LogP contribution >= 0.6 is 11.3 Å². The van der Waals surface area contributed by atoms with Crippen LogP contribution in [0.3, 0.4) is 0 Å². The number of H-pyrrole nitrogens is 1. The van der Waals surface area contributed by atoms with Gasteiger partial charge in [-0.2, -0.15) is 0 Å². The molecule has 1 aliphatic rings. The van der Waals surface area contributed by atoms with Gasteiger partial charge >= 0.3 is 0 Å². The third-order valence-electron chi connectivity index (χ3n) is 5.55. The van der Waals surface area contributed by atoms with Crippen LogP contribution in [0.1, 0.15) is 52.4 Å². The number of ketones is 1. The Morgan fingerprint density at radius 3 is 2.81 bits per heavy atom. The van der Waals surface area contributed by atoms with E-state index < -0.39 is 11.5 Å². The van der Waals surface area contributed by atoms with Crippen molar-refractivity contribution in [2.24, 2.45) is 5.41 Å². The number of aromatic nitrogens is 2. The Morgan fingerprint density at radius 2 is 2.00 bits per heavy atom. The number of hydrogen-bond donors (Lipinski definition) is 2. The molecule has 0 saturated heterocycles. The Kier molecular flexibility index (Phi) is 4.82. The Bertz CT molecular complexity index is 1390. The number of Topliss-reactive ketones (excluding diaryl/α,β-unsaturated/α-hetero) is 1. The summed E-state index contributed by atoms with van der Waals surface area (Å²) >= 11 is 1.53. The molecule has 0 radical (unpaired) electrons. The van der Waals surface area contributed by atoms with Crippen molar-refractivity contribution in [1.29, 1.82) is 0 Å². The van der Waals surface area contributed by atoms with E-state index in [1.165, 1.54) is 17.4 Å². The number of aromatic amines is 1. The minimum atomic E-state index is -0.551. The molecule has 3 heterocycles. The maximum Gasteiger partial charge on any atom is 0.261 e. The van der Waals surface area contributed by atoms with E-state index >= 15 is 0 Å². The van der Waals surface area contributed by atoms with Gasteiger partial charge in [0.1, 0.15) is 11.3 Å². The van der Waals surface area contributed by atoms with Crippen molar-refractivity contribution in [2.45, 2.75) is 33.2 Å². The van der Waals surface area contributed by atoms with Crippen molar-refractivity contribution in [2.75, 3.05) is 0 Å². The number of pyridine rings is 1. The van der Waals surface area contributed by atoms with Crippen LogP contribution in [-0.4, -0.2) is 21.7 Å². The summed E-state index contributed by atoms with van der Waals surface area (Å²) in [6.07, 6.45) is 0.972. The number of carbonyl (C=O) groups excluding carboxylic acids is 2. The van der Waals surface area contributed by atoms with Gasteiger partial charge < -0.3 is 14.7 Å². The molecular weight excluding hydrogens is 426 g/mol. The summed E-state index contributed by atoms with van der Waals surface area (Å²) in [4.78, 5) is 44.9. The fourth-order valence-corrected chi connectivity index (χ4v) is 4.95. The highest BCUT2D eigenvalue weighted by Crippen LogP contribution is 2.33. The lowest BCUT2D eigenvalue weighted by molar-refractivity contribution is 0.0910. The van der Waals surface area contributed by atoms with Crippen molar-refractivity contribution in [3.05, 3.63) is 75.4 Å². The summed E-state index contributed by atoms with van der Waals surface area (Å²) in [7, 11) is 0. The van der Waals surface area contributed by atoms with Crippen molar-refractivity contribution in [3.8, 4) is 10.8 Å². The van der Waals surface area contributed by atoms with Crippen LogP contribution in [0.5, 0.6) is 0 Å². The fourth-order valence-electron chi connectivity index (χ4n) is 4.02. The average molecular weight is 448 g/mol. The minimum Gasteiger partial charge on any atom is -0.457 e. The van der Waals surface area contributed by atoms with Gasteiger partial charge in [0, 0.05) is 17.7 Å². The van der Waals surface area contributed by atoms with Gasteiger partial charge in [0.2, 0.25) is 0 Å². The highest BCUT2D eigenvalue weighted by molar-refractivity contribution is 7.21. The molecule has 0 aliphatic heterocycles. The number of furan rings is 1. The molecule has 7 nitrogen and oxygen atoms in total. The second-order valence-corrected chi connectivity index (χ2v) is 9.81. The summed E-state index contributed by atoms with van der Waals surface area (Å²) in [6, 6.07) is 12.8. The van der Waals surface area contributed by atoms with Gasteiger partial charge in [-0.15, -0.1) is 11.3 Å². The first-order valence-electron chi connectivity index (χ1n) is 10.3. The third-order valence-corrected chi connectivity index (χ3v) is 6.60. The van der Waals surface area contributed by atoms with Crippen LogP contribution in [0.25, 0.3) is 21.0 Å². The van der Waals surface area contributed by atoms with Gasteiger partial charge in [-0.05, 0) is 42.2 Å². The molecule has 0 bridgehead atoms. The zero-order valence-corrected chi connectivity index (χ0v) is 18.5. The number of benzene rings is 1. The number of thiazole rings is 1. The molecule has 1 aromatic carbocycles. The molecule has 4 aromatic rings. The molecule has 0 fully saturated rings. The largest absolute Gasteiger partial charge is 0.457 e. The monoisotopic (exact) mass is 447 g/mol. The number of hydrogen-bond acceptors (Lipinski definition) is 6. The number of rotatable bonds is 4. The smallest absolute Gasteiger partial charge is 0.261 e. The first-order valence-corrected chi connectivity index (χ1v) is 11.1.